The summed E-state index contributed by atoms with van der Waals surface area (Å²) in [7, 11) is 0. The van der Waals surface area contributed by atoms with Crippen LogP contribution in [0.3, 0.4) is 0 Å². The van der Waals surface area contributed by atoms with Crippen LogP contribution in [0.2, 0.25) is 0 Å². The van der Waals surface area contributed by atoms with Crippen molar-refractivity contribution in [3.05, 3.63) is 38.3 Å². The lowest BCUT2D eigenvalue weighted by atomic mass is 10.2. The molecular formula is C9H7IN4O. The van der Waals surface area contributed by atoms with Gasteiger partial charge in [0.1, 0.15) is 9.26 Å². The molecule has 2 rings (SSSR count). The highest BCUT2D eigenvalue weighted by Crippen LogP contribution is 2.17. The van der Waals surface area contributed by atoms with E-state index in [4.69, 9.17) is 5.73 Å². The minimum absolute atomic E-state index is 0.0982. The van der Waals surface area contributed by atoms with Crippen LogP contribution in [0.25, 0.3) is 11.4 Å². The number of nitrogens with one attached hydrogen (secondary N) is 1. The molecule has 0 amide bonds. The van der Waals surface area contributed by atoms with Gasteiger partial charge in [0.25, 0.3) is 5.56 Å². The number of pyridine rings is 1. The first-order valence-corrected chi connectivity index (χ1v) is 5.23. The fourth-order valence-corrected chi connectivity index (χ4v) is 1.68. The molecule has 0 spiro atoms. The fourth-order valence-electron chi connectivity index (χ4n) is 1.15. The van der Waals surface area contributed by atoms with Crippen LogP contribution in [-0.4, -0.2) is 15.0 Å². The highest BCUT2D eigenvalue weighted by molar-refractivity contribution is 14.1. The lowest BCUT2D eigenvalue weighted by Crippen LogP contribution is -2.15. The number of nitrogens with two attached hydrogens (primary N) is 1. The molecule has 0 aliphatic rings. The van der Waals surface area contributed by atoms with E-state index in [9.17, 15) is 4.79 Å². The molecule has 0 bridgehead atoms. The van der Waals surface area contributed by atoms with E-state index in [0.717, 1.165) is 0 Å². The Hall–Kier alpha value is -1.44. The average molecular weight is 314 g/mol. The molecule has 0 aliphatic carbocycles. The van der Waals surface area contributed by atoms with Gasteiger partial charge >= 0.3 is 0 Å². The number of aromatic amines is 1. The molecule has 5 nitrogen and oxygen atoms in total. The first-order valence-electron chi connectivity index (χ1n) is 4.15. The third kappa shape index (κ3) is 1.99. The summed E-state index contributed by atoms with van der Waals surface area (Å²) in [6.07, 6.45) is 1.64. The molecule has 3 N–H and O–H groups in total. The zero-order valence-corrected chi connectivity index (χ0v) is 9.72. The van der Waals surface area contributed by atoms with Crippen molar-refractivity contribution in [2.45, 2.75) is 0 Å². The third-order valence-corrected chi connectivity index (χ3v) is 2.79. The maximum atomic E-state index is 11.4. The number of aromatic nitrogens is 3. The van der Waals surface area contributed by atoms with E-state index in [0.29, 0.717) is 15.0 Å². The summed E-state index contributed by atoms with van der Waals surface area (Å²) >= 11 is 1.92. The Morgan fingerprint density at radius 2 is 2.20 bits per heavy atom. The van der Waals surface area contributed by atoms with Crippen molar-refractivity contribution >= 4 is 28.5 Å². The molecule has 15 heavy (non-hydrogen) atoms. The summed E-state index contributed by atoms with van der Waals surface area (Å²) in [5, 5.41) is 0. The van der Waals surface area contributed by atoms with Crippen molar-refractivity contribution in [2.75, 3.05) is 5.73 Å². The van der Waals surface area contributed by atoms with Crippen molar-refractivity contribution in [2.24, 2.45) is 0 Å². The minimum atomic E-state index is -0.247. The SMILES string of the molecule is Nc1nc(-c2ccccn2)c(I)c(=O)[nH]1. The molecule has 0 atom stereocenters. The number of hydrogen-bond donors (Lipinski definition) is 2. The summed E-state index contributed by atoms with van der Waals surface area (Å²) in [6.45, 7) is 0. The molecule has 0 radical (unpaired) electrons. The third-order valence-electron chi connectivity index (χ3n) is 1.79. The van der Waals surface area contributed by atoms with Crippen LogP contribution in [0.4, 0.5) is 5.95 Å². The molecule has 0 saturated carbocycles. The topological polar surface area (TPSA) is 84.7 Å². The van der Waals surface area contributed by atoms with Crippen molar-refractivity contribution in [3.8, 4) is 11.4 Å². The van der Waals surface area contributed by atoms with E-state index < -0.39 is 0 Å². The number of hydrogen-bond acceptors (Lipinski definition) is 4. The van der Waals surface area contributed by atoms with Crippen molar-refractivity contribution in [1.82, 2.24) is 15.0 Å². The van der Waals surface area contributed by atoms with E-state index in [2.05, 4.69) is 15.0 Å². The van der Waals surface area contributed by atoms with Gasteiger partial charge in [-0.05, 0) is 34.7 Å². The zero-order chi connectivity index (χ0) is 10.8. The van der Waals surface area contributed by atoms with Gasteiger partial charge in [-0.25, -0.2) is 4.98 Å². The van der Waals surface area contributed by atoms with E-state index in [1.54, 1.807) is 18.3 Å². The fraction of sp³-hybridized carbons (Fsp3) is 0. The molecule has 2 heterocycles. The van der Waals surface area contributed by atoms with Gasteiger partial charge in [-0.3, -0.25) is 14.8 Å². The van der Waals surface area contributed by atoms with Crippen LogP contribution in [-0.2, 0) is 0 Å². The van der Waals surface area contributed by atoms with Crippen LogP contribution in [0.5, 0.6) is 0 Å². The lowest BCUT2D eigenvalue weighted by Gasteiger charge is -2.02. The van der Waals surface area contributed by atoms with Gasteiger partial charge in [0, 0.05) is 6.20 Å². The first kappa shape index (κ1) is 10.1. The summed E-state index contributed by atoms with van der Waals surface area (Å²) in [6, 6.07) is 5.41. The normalized spacial score (nSPS) is 10.2. The van der Waals surface area contributed by atoms with Crippen LogP contribution in [0.15, 0.2) is 29.2 Å². The number of nitrogens with zero attached hydrogens (tertiary/aromatic N) is 2. The summed E-state index contributed by atoms with van der Waals surface area (Å²) in [5.74, 6) is 0.0982. The summed E-state index contributed by atoms with van der Waals surface area (Å²) < 4.78 is 0.487. The van der Waals surface area contributed by atoms with Crippen molar-refractivity contribution < 1.29 is 0 Å². The van der Waals surface area contributed by atoms with E-state index >= 15 is 0 Å². The molecule has 6 heteroatoms. The van der Waals surface area contributed by atoms with Crippen LogP contribution in [0, 0.1) is 3.57 Å². The molecule has 0 aliphatic heterocycles. The number of anilines is 1. The van der Waals surface area contributed by atoms with Gasteiger partial charge in [-0.2, -0.15) is 0 Å². The van der Waals surface area contributed by atoms with Gasteiger partial charge < -0.3 is 5.73 Å². The molecule has 2 aromatic heterocycles. The van der Waals surface area contributed by atoms with Crippen molar-refractivity contribution in [1.29, 1.82) is 0 Å². The van der Waals surface area contributed by atoms with Gasteiger partial charge in [-0.1, -0.05) is 6.07 Å². The van der Waals surface area contributed by atoms with E-state index in [1.165, 1.54) is 0 Å². The van der Waals surface area contributed by atoms with Gasteiger partial charge in [-0.15, -0.1) is 0 Å². The van der Waals surface area contributed by atoms with Crippen LogP contribution >= 0.6 is 22.6 Å². The highest BCUT2D eigenvalue weighted by atomic mass is 127. The number of nitrogen functional groups attached to an aromatic ring is 1. The van der Waals surface area contributed by atoms with Crippen molar-refractivity contribution in [3.63, 3.8) is 0 Å². The minimum Gasteiger partial charge on any atom is -0.369 e. The molecule has 76 valence electrons. The van der Waals surface area contributed by atoms with E-state index in [1.807, 2.05) is 28.7 Å². The maximum Gasteiger partial charge on any atom is 0.266 e. The molecule has 0 fully saturated rings. The highest BCUT2D eigenvalue weighted by Gasteiger charge is 2.10. The Bertz CT molecular complexity index is 538. The molecule has 2 aromatic rings. The molecule has 0 aromatic carbocycles. The molecule has 0 unspecified atom stereocenters. The Morgan fingerprint density at radius 1 is 1.40 bits per heavy atom. The average Bonchev–Trinajstić information content (AvgIpc) is 2.24. The first-order chi connectivity index (χ1) is 7.18. The second-order valence-corrected chi connectivity index (χ2v) is 3.91. The number of halogens is 1. The Morgan fingerprint density at radius 3 is 2.87 bits per heavy atom. The van der Waals surface area contributed by atoms with Crippen LogP contribution < -0.4 is 11.3 Å². The zero-order valence-electron chi connectivity index (χ0n) is 7.57. The number of H-pyrrole nitrogens is 1. The second kappa shape index (κ2) is 3.97. The van der Waals surface area contributed by atoms with Gasteiger partial charge in [0.05, 0.1) is 5.69 Å². The van der Waals surface area contributed by atoms with Gasteiger partial charge in [0.2, 0.25) is 5.95 Å². The predicted molar refractivity (Wildman–Crippen MR) is 65.2 cm³/mol. The predicted octanol–water partition coefficient (Wildman–Crippen LogP) is 1.02. The quantitative estimate of drug-likeness (QED) is 0.770. The number of rotatable bonds is 1. The molecular weight excluding hydrogens is 307 g/mol. The van der Waals surface area contributed by atoms with Crippen LogP contribution in [0.1, 0.15) is 0 Å². The maximum absolute atomic E-state index is 11.4. The Balaban J connectivity index is 2.68. The summed E-state index contributed by atoms with van der Waals surface area (Å²) in [5.41, 5.74) is 6.37. The van der Waals surface area contributed by atoms with E-state index in [-0.39, 0.29) is 11.5 Å². The monoisotopic (exact) mass is 314 g/mol. The smallest absolute Gasteiger partial charge is 0.266 e. The summed E-state index contributed by atoms with van der Waals surface area (Å²) in [4.78, 5) is 22.0. The molecule has 0 saturated heterocycles. The second-order valence-electron chi connectivity index (χ2n) is 2.83. The lowest BCUT2D eigenvalue weighted by molar-refractivity contribution is 1.11. The largest absolute Gasteiger partial charge is 0.369 e. The Labute approximate surface area is 98.9 Å². The standard InChI is InChI=1S/C9H7IN4O/c10-6-7(5-3-1-2-4-12-5)13-9(11)14-8(6)15/h1-4H,(H3,11,13,14,15). The Kier molecular flexibility index (Phi) is 2.67. The van der Waals surface area contributed by atoms with Gasteiger partial charge in [0.15, 0.2) is 0 Å².